The molecular formula is C12H14Br3NO2. The van der Waals surface area contributed by atoms with Crippen LogP contribution in [0.15, 0.2) is 22.7 Å². The van der Waals surface area contributed by atoms with Crippen molar-refractivity contribution in [1.82, 2.24) is 5.32 Å². The zero-order valence-electron chi connectivity index (χ0n) is 9.84. The van der Waals surface area contributed by atoms with E-state index < -0.39 is 0 Å². The van der Waals surface area contributed by atoms with Gasteiger partial charge < -0.3 is 10.4 Å². The summed E-state index contributed by atoms with van der Waals surface area (Å²) in [6.07, 6.45) is 0.803. The molecule has 1 amide bonds. The summed E-state index contributed by atoms with van der Waals surface area (Å²) >= 11 is 10.0. The molecule has 18 heavy (non-hydrogen) atoms. The van der Waals surface area contributed by atoms with Crippen LogP contribution in [0.5, 0.6) is 5.75 Å². The molecule has 0 bridgehead atoms. The number of aromatic hydroxyl groups is 1. The minimum Gasteiger partial charge on any atom is -0.507 e. The highest BCUT2D eigenvalue weighted by Crippen LogP contribution is 2.25. The summed E-state index contributed by atoms with van der Waals surface area (Å²) in [6, 6.07) is 4.77. The number of benzene rings is 1. The molecule has 0 fully saturated rings. The van der Waals surface area contributed by atoms with Crippen molar-refractivity contribution in [2.24, 2.45) is 0 Å². The zero-order chi connectivity index (χ0) is 13.8. The number of carbonyl (C=O) groups excluding carboxylic acids is 1. The third-order valence-electron chi connectivity index (χ3n) is 2.78. The van der Waals surface area contributed by atoms with Crippen molar-refractivity contribution in [2.75, 3.05) is 10.7 Å². The van der Waals surface area contributed by atoms with Crippen LogP contribution < -0.4 is 5.32 Å². The lowest BCUT2D eigenvalue weighted by Gasteiger charge is -2.30. The molecule has 0 saturated heterocycles. The maximum Gasteiger partial charge on any atom is 0.251 e. The number of rotatable bonds is 5. The summed E-state index contributed by atoms with van der Waals surface area (Å²) in [5, 5.41) is 13.9. The number of phenolic OH excluding ortho intramolecular Hbond substituents is 1. The van der Waals surface area contributed by atoms with Gasteiger partial charge in [0.25, 0.3) is 5.91 Å². The molecule has 0 radical (unpaired) electrons. The first-order valence-electron chi connectivity index (χ1n) is 5.41. The number of phenols is 1. The van der Waals surface area contributed by atoms with Gasteiger partial charge in [-0.05, 0) is 40.5 Å². The molecule has 0 saturated carbocycles. The van der Waals surface area contributed by atoms with Crippen LogP contribution in [0.1, 0.15) is 23.7 Å². The highest BCUT2D eigenvalue weighted by Gasteiger charge is 2.28. The second-order valence-corrected chi connectivity index (χ2v) is 6.00. The van der Waals surface area contributed by atoms with E-state index in [1.54, 1.807) is 12.1 Å². The number of carbonyl (C=O) groups is 1. The van der Waals surface area contributed by atoms with Gasteiger partial charge in [0, 0.05) is 16.2 Å². The Morgan fingerprint density at radius 1 is 1.39 bits per heavy atom. The van der Waals surface area contributed by atoms with E-state index in [0.29, 0.717) is 20.7 Å². The predicted octanol–water partition coefficient (Wildman–Crippen LogP) is 3.82. The van der Waals surface area contributed by atoms with Crippen LogP contribution in [0.4, 0.5) is 0 Å². The van der Waals surface area contributed by atoms with Crippen LogP contribution in [-0.2, 0) is 0 Å². The number of hydrogen-bond donors (Lipinski definition) is 2. The summed E-state index contributed by atoms with van der Waals surface area (Å²) in [7, 11) is 0. The third kappa shape index (κ3) is 3.71. The van der Waals surface area contributed by atoms with E-state index >= 15 is 0 Å². The highest BCUT2D eigenvalue weighted by molar-refractivity contribution is 9.10. The van der Waals surface area contributed by atoms with Crippen molar-refractivity contribution in [1.29, 1.82) is 0 Å². The minimum absolute atomic E-state index is 0.0578. The Labute approximate surface area is 132 Å². The van der Waals surface area contributed by atoms with Crippen LogP contribution in [0.25, 0.3) is 0 Å². The van der Waals surface area contributed by atoms with E-state index in [2.05, 4.69) is 53.1 Å². The van der Waals surface area contributed by atoms with Crippen molar-refractivity contribution in [3.05, 3.63) is 28.2 Å². The van der Waals surface area contributed by atoms with Crippen LogP contribution in [0, 0.1) is 0 Å². The number of nitrogens with one attached hydrogen (secondary N) is 1. The molecular weight excluding hydrogens is 430 g/mol. The normalized spacial score (nSPS) is 11.3. The fourth-order valence-corrected chi connectivity index (χ4v) is 3.60. The summed E-state index contributed by atoms with van der Waals surface area (Å²) < 4.78 is 0.571. The molecule has 6 heteroatoms. The first kappa shape index (κ1) is 16.0. The lowest BCUT2D eigenvalue weighted by molar-refractivity contribution is 0.0915. The van der Waals surface area contributed by atoms with Crippen LogP contribution in [0.2, 0.25) is 0 Å². The largest absolute Gasteiger partial charge is 0.507 e. The Morgan fingerprint density at radius 2 is 2.00 bits per heavy atom. The molecule has 0 aliphatic rings. The smallest absolute Gasteiger partial charge is 0.251 e. The molecule has 1 rings (SSSR count). The molecule has 0 aliphatic carbocycles. The number of halogens is 3. The van der Waals surface area contributed by atoms with Gasteiger partial charge in [-0.15, -0.1) is 0 Å². The Kier molecular flexibility index (Phi) is 6.14. The van der Waals surface area contributed by atoms with Crippen molar-refractivity contribution >= 4 is 53.7 Å². The molecule has 0 aromatic heterocycles. The van der Waals surface area contributed by atoms with Crippen molar-refractivity contribution in [2.45, 2.75) is 18.9 Å². The van der Waals surface area contributed by atoms with Crippen molar-refractivity contribution in [3.8, 4) is 5.75 Å². The van der Waals surface area contributed by atoms with E-state index in [1.807, 2.05) is 6.92 Å². The van der Waals surface area contributed by atoms with Crippen molar-refractivity contribution < 1.29 is 9.90 Å². The van der Waals surface area contributed by atoms with Gasteiger partial charge in [-0.1, -0.05) is 38.8 Å². The predicted molar refractivity (Wildman–Crippen MR) is 83.9 cm³/mol. The molecule has 1 aromatic carbocycles. The van der Waals surface area contributed by atoms with Crippen molar-refractivity contribution in [3.63, 3.8) is 0 Å². The molecule has 0 heterocycles. The standard InChI is InChI=1S/C12H14Br3NO2/c1-2-12(6-13,7-14)16-11(18)8-3-4-9(15)10(17)5-8/h3-5,17H,2,6-7H2,1H3,(H,16,18). The SMILES string of the molecule is CCC(CBr)(CBr)NC(=O)c1ccc(Br)c(O)c1. The Bertz CT molecular complexity index is 425. The first-order chi connectivity index (χ1) is 8.48. The van der Waals surface area contributed by atoms with Crippen LogP contribution in [0.3, 0.4) is 0 Å². The van der Waals surface area contributed by atoms with Gasteiger partial charge >= 0.3 is 0 Å². The van der Waals surface area contributed by atoms with Gasteiger partial charge in [0.2, 0.25) is 0 Å². The van der Waals surface area contributed by atoms with E-state index in [4.69, 9.17) is 0 Å². The van der Waals surface area contributed by atoms with Gasteiger partial charge in [0.1, 0.15) is 5.75 Å². The third-order valence-corrected chi connectivity index (χ3v) is 5.59. The quantitative estimate of drug-likeness (QED) is 0.679. The maximum absolute atomic E-state index is 12.1. The Morgan fingerprint density at radius 3 is 2.44 bits per heavy atom. The molecule has 0 atom stereocenters. The molecule has 100 valence electrons. The summed E-state index contributed by atoms with van der Waals surface area (Å²) in [5.41, 5.74) is 0.121. The van der Waals surface area contributed by atoms with Gasteiger partial charge in [-0.25, -0.2) is 0 Å². The topological polar surface area (TPSA) is 49.3 Å². The fourth-order valence-electron chi connectivity index (χ4n) is 1.35. The average molecular weight is 444 g/mol. The Balaban J connectivity index is 2.90. The molecule has 3 nitrogen and oxygen atoms in total. The van der Waals surface area contributed by atoms with Gasteiger partial charge in [0.15, 0.2) is 0 Å². The fraction of sp³-hybridized carbons (Fsp3) is 0.417. The lowest BCUT2D eigenvalue weighted by Crippen LogP contribution is -2.51. The molecule has 0 unspecified atom stereocenters. The molecule has 1 aromatic rings. The van der Waals surface area contributed by atoms with Gasteiger partial charge in [-0.3, -0.25) is 4.79 Å². The maximum atomic E-state index is 12.1. The molecule has 0 aliphatic heterocycles. The van der Waals surface area contributed by atoms with E-state index in [1.165, 1.54) is 6.07 Å². The highest BCUT2D eigenvalue weighted by atomic mass is 79.9. The van der Waals surface area contributed by atoms with Gasteiger partial charge in [-0.2, -0.15) is 0 Å². The monoisotopic (exact) mass is 441 g/mol. The number of alkyl halides is 2. The number of hydrogen-bond acceptors (Lipinski definition) is 2. The second-order valence-electron chi connectivity index (χ2n) is 4.02. The first-order valence-corrected chi connectivity index (χ1v) is 8.44. The van der Waals surface area contributed by atoms with E-state index in [-0.39, 0.29) is 17.2 Å². The van der Waals surface area contributed by atoms with E-state index in [0.717, 1.165) is 6.42 Å². The minimum atomic E-state index is -0.320. The van der Waals surface area contributed by atoms with E-state index in [9.17, 15) is 9.90 Å². The second kappa shape index (κ2) is 6.91. The average Bonchev–Trinajstić information content (AvgIpc) is 2.39. The summed E-state index contributed by atoms with van der Waals surface area (Å²) in [4.78, 5) is 12.1. The molecule has 0 spiro atoms. The lowest BCUT2D eigenvalue weighted by atomic mass is 10.0. The summed E-state index contributed by atoms with van der Waals surface area (Å²) in [6.45, 7) is 2.02. The van der Waals surface area contributed by atoms with Crippen LogP contribution in [-0.4, -0.2) is 27.2 Å². The summed E-state index contributed by atoms with van der Waals surface area (Å²) in [5.74, 6) is -0.138. The number of amides is 1. The van der Waals surface area contributed by atoms with Gasteiger partial charge in [0.05, 0.1) is 10.0 Å². The molecule has 2 N–H and O–H groups in total. The van der Waals surface area contributed by atoms with Crippen LogP contribution >= 0.6 is 47.8 Å². The zero-order valence-corrected chi connectivity index (χ0v) is 14.6. The Hall–Kier alpha value is -0.0700.